The number of carbonyl (C=O) groups is 1. The molecule has 1 fully saturated rings. The lowest BCUT2D eigenvalue weighted by atomic mass is 10.0. The van der Waals surface area contributed by atoms with E-state index in [0.29, 0.717) is 11.7 Å². The third-order valence-corrected chi connectivity index (χ3v) is 4.97. The van der Waals surface area contributed by atoms with Crippen LogP contribution in [0.3, 0.4) is 0 Å². The van der Waals surface area contributed by atoms with Gasteiger partial charge in [-0.2, -0.15) is 0 Å². The van der Waals surface area contributed by atoms with E-state index in [-0.39, 0.29) is 16.8 Å². The zero-order chi connectivity index (χ0) is 15.5. The summed E-state index contributed by atoms with van der Waals surface area (Å²) in [6, 6.07) is 6.44. The Morgan fingerprint density at radius 3 is 2.52 bits per heavy atom. The Morgan fingerprint density at radius 1 is 1.29 bits per heavy atom. The molecular weight excluding hydrogens is 290 g/mol. The van der Waals surface area contributed by atoms with Gasteiger partial charge in [0.1, 0.15) is 0 Å². The van der Waals surface area contributed by atoms with Gasteiger partial charge in [-0.3, -0.25) is 4.79 Å². The summed E-state index contributed by atoms with van der Waals surface area (Å²) >= 11 is 0. The molecule has 1 aliphatic heterocycles. The van der Waals surface area contributed by atoms with Crippen LogP contribution in [-0.4, -0.2) is 33.0 Å². The van der Waals surface area contributed by atoms with E-state index in [2.05, 4.69) is 15.4 Å². The zero-order valence-electron chi connectivity index (χ0n) is 12.2. The quantitative estimate of drug-likeness (QED) is 0.776. The number of hydrogen-bond acceptors (Lipinski definition) is 4. The van der Waals surface area contributed by atoms with Gasteiger partial charge in [-0.25, -0.2) is 13.1 Å². The molecule has 0 spiro atoms. The van der Waals surface area contributed by atoms with Gasteiger partial charge in [0.05, 0.1) is 4.90 Å². The molecule has 7 heteroatoms. The van der Waals surface area contributed by atoms with E-state index in [1.807, 2.05) is 6.92 Å². The van der Waals surface area contributed by atoms with Crippen LogP contribution in [0, 0.1) is 0 Å². The summed E-state index contributed by atoms with van der Waals surface area (Å²) in [6.45, 7) is 4.27. The fourth-order valence-corrected chi connectivity index (χ4v) is 3.73. The smallest absolute Gasteiger partial charge is 0.240 e. The first-order valence-electron chi connectivity index (χ1n) is 7.00. The molecule has 0 aromatic heterocycles. The van der Waals surface area contributed by atoms with Gasteiger partial charge in [-0.1, -0.05) is 0 Å². The minimum absolute atomic E-state index is 0.0405. The average molecular weight is 311 g/mol. The molecule has 0 bridgehead atoms. The van der Waals surface area contributed by atoms with Gasteiger partial charge in [-0.05, 0) is 50.6 Å². The Bertz CT molecular complexity index is 598. The van der Waals surface area contributed by atoms with E-state index in [4.69, 9.17) is 0 Å². The van der Waals surface area contributed by atoms with E-state index in [1.165, 1.54) is 19.1 Å². The molecule has 2 rings (SSSR count). The number of carbonyl (C=O) groups excluding carboxylic acids is 1. The van der Waals surface area contributed by atoms with Crippen LogP contribution in [0.15, 0.2) is 29.2 Å². The van der Waals surface area contributed by atoms with E-state index < -0.39 is 10.0 Å². The number of nitrogens with one attached hydrogen (secondary N) is 3. The predicted molar refractivity (Wildman–Crippen MR) is 81.6 cm³/mol. The van der Waals surface area contributed by atoms with Crippen LogP contribution in [-0.2, 0) is 14.8 Å². The average Bonchev–Trinajstić information content (AvgIpc) is 2.38. The summed E-state index contributed by atoms with van der Waals surface area (Å²) < 4.78 is 27.4. The number of anilines is 1. The van der Waals surface area contributed by atoms with Gasteiger partial charge in [0.25, 0.3) is 0 Å². The topological polar surface area (TPSA) is 87.3 Å². The van der Waals surface area contributed by atoms with E-state index in [1.54, 1.807) is 12.1 Å². The van der Waals surface area contributed by atoms with Crippen LogP contribution >= 0.6 is 0 Å². The van der Waals surface area contributed by atoms with Crippen molar-refractivity contribution in [3.05, 3.63) is 24.3 Å². The second-order valence-corrected chi connectivity index (χ2v) is 7.12. The first-order chi connectivity index (χ1) is 9.87. The Hall–Kier alpha value is -1.44. The van der Waals surface area contributed by atoms with Crippen LogP contribution in [0.5, 0.6) is 0 Å². The minimum atomic E-state index is -3.52. The Morgan fingerprint density at radius 2 is 1.95 bits per heavy atom. The van der Waals surface area contributed by atoms with Crippen LogP contribution < -0.4 is 15.4 Å². The second kappa shape index (κ2) is 6.55. The van der Waals surface area contributed by atoms with Gasteiger partial charge in [-0.15, -0.1) is 0 Å². The van der Waals surface area contributed by atoms with Crippen LogP contribution in [0.2, 0.25) is 0 Å². The van der Waals surface area contributed by atoms with Gasteiger partial charge in [0.15, 0.2) is 0 Å². The van der Waals surface area contributed by atoms with Crippen LogP contribution in [0.1, 0.15) is 26.7 Å². The van der Waals surface area contributed by atoms with Crippen molar-refractivity contribution in [3.8, 4) is 0 Å². The van der Waals surface area contributed by atoms with Gasteiger partial charge < -0.3 is 10.6 Å². The molecule has 6 nitrogen and oxygen atoms in total. The largest absolute Gasteiger partial charge is 0.326 e. The number of sulfonamides is 1. The molecule has 0 radical (unpaired) electrons. The molecule has 2 unspecified atom stereocenters. The molecule has 1 aliphatic rings. The molecule has 116 valence electrons. The Balaban J connectivity index is 2.06. The lowest BCUT2D eigenvalue weighted by molar-refractivity contribution is -0.114. The highest BCUT2D eigenvalue weighted by molar-refractivity contribution is 7.89. The van der Waals surface area contributed by atoms with Crippen LogP contribution in [0.25, 0.3) is 0 Å². The molecule has 3 N–H and O–H groups in total. The highest BCUT2D eigenvalue weighted by atomic mass is 32.2. The van der Waals surface area contributed by atoms with Crippen molar-refractivity contribution in [2.45, 2.75) is 43.7 Å². The lowest BCUT2D eigenvalue weighted by Gasteiger charge is -2.28. The molecule has 21 heavy (non-hydrogen) atoms. The maximum absolute atomic E-state index is 12.3. The van der Waals surface area contributed by atoms with Crippen molar-refractivity contribution in [1.29, 1.82) is 0 Å². The Kier molecular flexibility index (Phi) is 4.97. The molecule has 1 aromatic rings. The number of hydrogen-bond donors (Lipinski definition) is 3. The van der Waals surface area contributed by atoms with E-state index >= 15 is 0 Å². The fraction of sp³-hybridized carbons (Fsp3) is 0.500. The number of benzene rings is 1. The second-order valence-electron chi connectivity index (χ2n) is 5.40. The summed E-state index contributed by atoms with van der Waals surface area (Å²) in [6.07, 6.45) is 1.57. The summed E-state index contributed by atoms with van der Waals surface area (Å²) in [5, 5.41) is 5.90. The zero-order valence-corrected chi connectivity index (χ0v) is 13.0. The molecule has 1 heterocycles. The monoisotopic (exact) mass is 311 g/mol. The summed E-state index contributed by atoms with van der Waals surface area (Å²) in [5.41, 5.74) is 0.580. The molecular formula is C14H21N3O3S. The van der Waals surface area contributed by atoms with Crippen molar-refractivity contribution in [2.24, 2.45) is 0 Å². The van der Waals surface area contributed by atoms with E-state index in [0.717, 1.165) is 19.4 Å². The molecule has 2 atom stereocenters. The van der Waals surface area contributed by atoms with Crippen LogP contribution in [0.4, 0.5) is 5.69 Å². The fourth-order valence-electron chi connectivity index (χ4n) is 2.45. The van der Waals surface area contributed by atoms with Gasteiger partial charge >= 0.3 is 0 Å². The molecule has 0 saturated carbocycles. The molecule has 1 saturated heterocycles. The van der Waals surface area contributed by atoms with Crippen molar-refractivity contribution < 1.29 is 13.2 Å². The SMILES string of the molecule is CC(=O)Nc1ccc(S(=O)(=O)NC2CCNC(C)C2)cc1. The standard InChI is InChI=1S/C14H21N3O3S/c1-10-9-13(7-8-15-10)17-21(19,20)14-5-3-12(4-6-14)16-11(2)18/h3-6,10,13,15,17H,7-9H2,1-2H3,(H,16,18). The van der Waals surface area contributed by atoms with Crippen molar-refractivity contribution >= 4 is 21.6 Å². The van der Waals surface area contributed by atoms with Gasteiger partial charge in [0.2, 0.25) is 15.9 Å². The summed E-state index contributed by atoms with van der Waals surface area (Å²) in [7, 11) is -3.52. The predicted octanol–water partition coefficient (Wildman–Crippen LogP) is 1.06. The van der Waals surface area contributed by atoms with Crippen molar-refractivity contribution in [2.75, 3.05) is 11.9 Å². The molecule has 0 aliphatic carbocycles. The lowest BCUT2D eigenvalue weighted by Crippen LogP contribution is -2.46. The van der Waals surface area contributed by atoms with E-state index in [9.17, 15) is 13.2 Å². The van der Waals surface area contributed by atoms with Gasteiger partial charge in [0, 0.05) is 24.7 Å². The molecule has 1 aromatic carbocycles. The summed E-state index contributed by atoms with van der Waals surface area (Å²) in [4.78, 5) is 11.2. The highest BCUT2D eigenvalue weighted by Crippen LogP contribution is 2.16. The highest BCUT2D eigenvalue weighted by Gasteiger charge is 2.24. The van der Waals surface area contributed by atoms with Crippen molar-refractivity contribution in [3.63, 3.8) is 0 Å². The normalized spacial score (nSPS) is 22.8. The minimum Gasteiger partial charge on any atom is -0.326 e. The third-order valence-electron chi connectivity index (χ3n) is 3.43. The first-order valence-corrected chi connectivity index (χ1v) is 8.48. The Labute approximate surface area is 125 Å². The maximum Gasteiger partial charge on any atom is 0.240 e. The number of amides is 1. The summed E-state index contributed by atoms with van der Waals surface area (Å²) in [5.74, 6) is -0.188. The number of rotatable bonds is 4. The number of piperidine rings is 1. The maximum atomic E-state index is 12.3. The molecule has 1 amide bonds. The van der Waals surface area contributed by atoms with Crippen molar-refractivity contribution in [1.82, 2.24) is 10.0 Å². The third kappa shape index (κ3) is 4.52. The first kappa shape index (κ1) is 15.9.